The van der Waals surface area contributed by atoms with Crippen LogP contribution in [0.25, 0.3) is 0 Å². The van der Waals surface area contributed by atoms with E-state index in [4.69, 9.17) is 15.6 Å². The molecule has 0 spiro atoms. The second-order valence-electron chi connectivity index (χ2n) is 1.86. The molecular formula is C5H8N2O4S. The van der Waals surface area contributed by atoms with Crippen LogP contribution < -0.4 is 4.80 Å². The van der Waals surface area contributed by atoms with Crippen molar-refractivity contribution >= 4 is 17.3 Å². The Morgan fingerprint density at radius 2 is 2.33 bits per heavy atom. The van der Waals surface area contributed by atoms with E-state index in [0.717, 1.165) is 11.3 Å². The maximum absolute atomic E-state index is 10.2. The van der Waals surface area contributed by atoms with Crippen molar-refractivity contribution in [2.75, 3.05) is 0 Å². The van der Waals surface area contributed by atoms with E-state index >= 15 is 0 Å². The van der Waals surface area contributed by atoms with Gasteiger partial charge in [0.25, 0.3) is 0 Å². The Balaban J connectivity index is 0.00000121. The molecule has 6 nitrogen and oxygen atoms in total. The number of aliphatic carboxylic acids is 1. The maximum atomic E-state index is 10.2. The van der Waals surface area contributed by atoms with Crippen LogP contribution in [0.1, 0.15) is 11.0 Å². The van der Waals surface area contributed by atoms with Crippen LogP contribution >= 0.6 is 11.3 Å². The first kappa shape index (κ1) is 10.8. The average molecular weight is 192 g/mol. The number of H-pyrrole nitrogens is 1. The van der Waals surface area contributed by atoms with Gasteiger partial charge >= 0.3 is 5.97 Å². The monoisotopic (exact) mass is 192 g/mol. The van der Waals surface area contributed by atoms with Crippen molar-refractivity contribution in [2.24, 2.45) is 0 Å². The first-order chi connectivity index (χ1) is 5.11. The van der Waals surface area contributed by atoms with Gasteiger partial charge < -0.3 is 20.7 Å². The van der Waals surface area contributed by atoms with Gasteiger partial charge in [-0.1, -0.05) is 11.3 Å². The summed E-state index contributed by atoms with van der Waals surface area (Å²) in [6.45, 7) is 0. The Bertz CT molecular complexity index is 317. The van der Waals surface area contributed by atoms with E-state index in [1.165, 1.54) is 6.20 Å². The smallest absolute Gasteiger partial charge is 0.338 e. The van der Waals surface area contributed by atoms with Crippen LogP contribution in [-0.4, -0.2) is 26.6 Å². The summed E-state index contributed by atoms with van der Waals surface area (Å²) in [5.74, 6) is -1.31. The number of carbonyl (C=O) groups is 1. The molecule has 0 aliphatic carbocycles. The second-order valence-corrected chi connectivity index (χ2v) is 2.95. The molecule has 0 radical (unpaired) electrons. The van der Waals surface area contributed by atoms with Crippen LogP contribution in [0.15, 0.2) is 6.20 Å². The molecule has 0 saturated carbocycles. The van der Waals surface area contributed by atoms with Crippen molar-refractivity contribution in [3.05, 3.63) is 15.9 Å². The number of aliphatic hydroxyl groups is 1. The molecule has 68 valence electrons. The van der Waals surface area contributed by atoms with Gasteiger partial charge in [-0.25, -0.2) is 4.79 Å². The van der Waals surface area contributed by atoms with E-state index in [9.17, 15) is 4.79 Å². The molecular weight excluding hydrogens is 184 g/mol. The number of aromatic nitrogens is 1. The molecule has 1 aromatic rings. The van der Waals surface area contributed by atoms with Crippen LogP contribution in [0.5, 0.6) is 0 Å². The average Bonchev–Trinajstić information content (AvgIpc) is 2.34. The molecule has 1 unspecified atom stereocenters. The Labute approximate surface area is 70.9 Å². The number of aliphatic hydroxyl groups excluding tert-OH is 1. The van der Waals surface area contributed by atoms with Gasteiger partial charge in [-0.2, -0.15) is 0 Å². The van der Waals surface area contributed by atoms with Crippen molar-refractivity contribution < 1.29 is 20.5 Å². The minimum Gasteiger partial charge on any atom is -0.479 e. The highest BCUT2D eigenvalue weighted by Crippen LogP contribution is 2.13. The largest absolute Gasteiger partial charge is 0.479 e. The SMILES string of the molecule is N=c1[nH]cc(C(O)C(=O)O)s1.O. The molecule has 0 aromatic carbocycles. The van der Waals surface area contributed by atoms with Crippen molar-refractivity contribution in [1.82, 2.24) is 4.98 Å². The normalized spacial score (nSPS) is 11.8. The van der Waals surface area contributed by atoms with E-state index in [1.54, 1.807) is 0 Å². The molecule has 1 atom stereocenters. The van der Waals surface area contributed by atoms with Gasteiger partial charge in [-0.3, -0.25) is 5.41 Å². The summed E-state index contributed by atoms with van der Waals surface area (Å²) >= 11 is 0.904. The summed E-state index contributed by atoms with van der Waals surface area (Å²) in [6.07, 6.45) is -0.207. The molecule has 1 heterocycles. The topological polar surface area (TPSA) is 129 Å². The summed E-state index contributed by atoms with van der Waals surface area (Å²) in [5, 5.41) is 24.3. The molecule has 0 aliphatic heterocycles. The van der Waals surface area contributed by atoms with Gasteiger partial charge in [0.15, 0.2) is 10.9 Å². The number of hydrogen-bond donors (Lipinski definition) is 4. The molecule has 7 heteroatoms. The molecule has 0 fully saturated rings. The number of rotatable bonds is 2. The molecule has 0 aliphatic rings. The van der Waals surface area contributed by atoms with Gasteiger partial charge in [0, 0.05) is 6.20 Å². The summed E-state index contributed by atoms with van der Waals surface area (Å²) in [4.78, 5) is 13.0. The summed E-state index contributed by atoms with van der Waals surface area (Å²) < 4.78 is 0. The van der Waals surface area contributed by atoms with E-state index in [2.05, 4.69) is 4.98 Å². The molecule has 1 rings (SSSR count). The van der Waals surface area contributed by atoms with E-state index in [0.29, 0.717) is 0 Å². The Kier molecular flexibility index (Phi) is 3.61. The third-order valence-corrected chi connectivity index (χ3v) is 1.97. The zero-order valence-electron chi connectivity index (χ0n) is 5.87. The third kappa shape index (κ3) is 2.16. The second kappa shape index (κ2) is 4.00. The number of carboxylic acids is 1. The Hall–Kier alpha value is -1.18. The van der Waals surface area contributed by atoms with E-state index in [1.807, 2.05) is 0 Å². The lowest BCUT2D eigenvalue weighted by molar-refractivity contribution is -0.146. The fraction of sp³-hybridized carbons (Fsp3) is 0.200. The van der Waals surface area contributed by atoms with Gasteiger partial charge in [0.05, 0.1) is 4.88 Å². The molecule has 12 heavy (non-hydrogen) atoms. The number of nitrogens with one attached hydrogen (secondary N) is 2. The van der Waals surface area contributed by atoms with Crippen molar-refractivity contribution in [3.8, 4) is 0 Å². The first-order valence-corrected chi connectivity index (χ1v) is 3.57. The van der Waals surface area contributed by atoms with E-state index < -0.39 is 12.1 Å². The van der Waals surface area contributed by atoms with Crippen LogP contribution in [0.3, 0.4) is 0 Å². The van der Waals surface area contributed by atoms with Crippen LogP contribution in [0.4, 0.5) is 0 Å². The fourth-order valence-corrected chi connectivity index (χ4v) is 1.25. The summed E-state index contributed by atoms with van der Waals surface area (Å²) in [7, 11) is 0. The molecule has 6 N–H and O–H groups in total. The minimum absolute atomic E-state index is 0. The van der Waals surface area contributed by atoms with Crippen molar-refractivity contribution in [3.63, 3.8) is 0 Å². The molecule has 0 saturated heterocycles. The highest BCUT2D eigenvalue weighted by atomic mass is 32.1. The summed E-state index contributed by atoms with van der Waals surface area (Å²) in [5.41, 5.74) is 0. The lowest BCUT2D eigenvalue weighted by Gasteiger charge is -1.98. The molecule has 1 aromatic heterocycles. The maximum Gasteiger partial charge on any atom is 0.338 e. The Morgan fingerprint density at radius 1 is 1.75 bits per heavy atom. The van der Waals surface area contributed by atoms with Crippen molar-refractivity contribution in [2.45, 2.75) is 6.10 Å². The van der Waals surface area contributed by atoms with E-state index in [-0.39, 0.29) is 15.2 Å². The standard InChI is InChI=1S/C5H6N2O3S.H2O/c6-5-7-1-2(11-5)3(8)4(9)10;/h1,3,8H,(H2,6,7)(H,9,10);1H2. The van der Waals surface area contributed by atoms with Crippen LogP contribution in [-0.2, 0) is 4.79 Å². The number of carboxylic acid groups (broad SMARTS) is 1. The lowest BCUT2D eigenvalue weighted by atomic mass is 10.3. The highest BCUT2D eigenvalue weighted by molar-refractivity contribution is 7.09. The van der Waals surface area contributed by atoms with Gasteiger partial charge in [-0.05, 0) is 0 Å². The minimum atomic E-state index is -1.52. The fourth-order valence-electron chi connectivity index (χ4n) is 0.570. The molecule has 0 amide bonds. The zero-order chi connectivity index (χ0) is 8.43. The Morgan fingerprint density at radius 3 is 2.67 bits per heavy atom. The third-order valence-electron chi connectivity index (χ3n) is 1.07. The number of hydrogen-bond acceptors (Lipinski definition) is 4. The molecule has 0 bridgehead atoms. The van der Waals surface area contributed by atoms with Crippen LogP contribution in [0, 0.1) is 5.41 Å². The summed E-state index contributed by atoms with van der Waals surface area (Å²) in [6, 6.07) is 0. The van der Waals surface area contributed by atoms with Crippen LogP contribution in [0.2, 0.25) is 0 Å². The quantitative estimate of drug-likeness (QED) is 0.472. The first-order valence-electron chi connectivity index (χ1n) is 2.75. The lowest BCUT2D eigenvalue weighted by Crippen LogP contribution is -2.08. The number of thiazole rings is 1. The highest BCUT2D eigenvalue weighted by Gasteiger charge is 2.16. The van der Waals surface area contributed by atoms with Crippen molar-refractivity contribution in [1.29, 1.82) is 5.41 Å². The predicted octanol–water partition coefficient (Wildman–Crippen LogP) is -1.15. The number of aromatic amines is 1. The zero-order valence-corrected chi connectivity index (χ0v) is 6.68. The van der Waals surface area contributed by atoms with Gasteiger partial charge in [-0.15, -0.1) is 0 Å². The predicted molar refractivity (Wildman–Crippen MR) is 40.7 cm³/mol. The van der Waals surface area contributed by atoms with Gasteiger partial charge in [0.2, 0.25) is 0 Å². The van der Waals surface area contributed by atoms with Gasteiger partial charge in [0.1, 0.15) is 0 Å².